The van der Waals surface area contributed by atoms with Crippen LogP contribution in [0.3, 0.4) is 0 Å². The van der Waals surface area contributed by atoms with E-state index in [-0.39, 0.29) is 5.78 Å². The number of Topliss-reactive ketones (excluding diaryl/α,β-unsaturated/α-hetero) is 1. The summed E-state index contributed by atoms with van der Waals surface area (Å²) in [6, 6.07) is 4.72. The predicted octanol–water partition coefficient (Wildman–Crippen LogP) is 4.43. The van der Waals surface area contributed by atoms with Crippen molar-refractivity contribution in [2.24, 2.45) is 13.0 Å². The molecule has 4 heterocycles. The fourth-order valence-corrected chi connectivity index (χ4v) is 5.31. The smallest absolute Gasteiger partial charge is 0.184 e. The Kier molecular flexibility index (Phi) is 6.71. The quantitative estimate of drug-likeness (QED) is 0.681. The fourth-order valence-electron chi connectivity index (χ4n) is 5.31. The Morgan fingerprint density at radius 1 is 1.10 bits per heavy atom. The largest absolute Gasteiger partial charge is 0.357 e. The zero-order chi connectivity index (χ0) is 21.1. The second-order valence-electron chi connectivity index (χ2n) is 9.26. The molecule has 4 rings (SSSR count). The molecule has 30 heavy (non-hydrogen) atoms. The lowest BCUT2D eigenvalue weighted by molar-refractivity contribution is 0.0877. The highest BCUT2D eigenvalue weighted by molar-refractivity contribution is 6.05. The van der Waals surface area contributed by atoms with Crippen LogP contribution in [0.25, 0.3) is 11.0 Å². The van der Waals surface area contributed by atoms with E-state index in [1.807, 2.05) is 7.05 Å². The van der Waals surface area contributed by atoms with Crippen molar-refractivity contribution in [2.75, 3.05) is 31.1 Å². The normalized spacial score (nSPS) is 24.0. The first kappa shape index (κ1) is 21.3. The number of piperidine rings is 1. The first-order valence-electron chi connectivity index (χ1n) is 11.9. The van der Waals surface area contributed by atoms with Gasteiger partial charge in [-0.2, -0.15) is 5.10 Å². The van der Waals surface area contributed by atoms with Crippen LogP contribution in [0.15, 0.2) is 12.1 Å². The minimum absolute atomic E-state index is 0.170. The maximum absolute atomic E-state index is 13.1. The summed E-state index contributed by atoms with van der Waals surface area (Å²) < 4.78 is 1.79. The summed E-state index contributed by atoms with van der Waals surface area (Å²) in [7, 11) is 1.91. The van der Waals surface area contributed by atoms with Gasteiger partial charge < -0.3 is 9.80 Å². The van der Waals surface area contributed by atoms with E-state index in [2.05, 4.69) is 40.9 Å². The number of aryl methyl sites for hydroxylation is 1. The highest BCUT2D eigenvalue weighted by Gasteiger charge is 2.28. The third-order valence-corrected chi connectivity index (χ3v) is 7.12. The zero-order valence-electron chi connectivity index (χ0n) is 18.9. The molecule has 0 bridgehead atoms. The van der Waals surface area contributed by atoms with Gasteiger partial charge in [0.1, 0.15) is 11.5 Å². The molecule has 6 heteroatoms. The van der Waals surface area contributed by atoms with E-state index in [1.54, 1.807) is 4.68 Å². The molecule has 0 N–H and O–H groups in total. The number of carbonyl (C=O) groups excluding carboxylic acids is 1. The number of fused-ring (bicyclic) bond motifs is 1. The van der Waals surface area contributed by atoms with E-state index in [4.69, 9.17) is 4.98 Å². The minimum atomic E-state index is 0.170. The number of pyridine rings is 1. The Balaban J connectivity index is 1.50. The standard InChI is InChI=1S/C24H37N5O/c1-4-28-15-12-19(16-18(28)2)17-21(30)23-20-10-11-22(25-24(20)27(3)26-23)29-13-8-6-5-7-9-14-29/h10-11,18-19H,4-9,12-17H2,1-3H3. The van der Waals surface area contributed by atoms with Gasteiger partial charge in [-0.05, 0) is 63.7 Å². The third-order valence-electron chi connectivity index (χ3n) is 7.12. The van der Waals surface area contributed by atoms with E-state index in [1.165, 1.54) is 32.1 Å². The van der Waals surface area contributed by atoms with Gasteiger partial charge in [-0.3, -0.25) is 4.79 Å². The summed E-state index contributed by atoms with van der Waals surface area (Å²) in [4.78, 5) is 23.0. The Morgan fingerprint density at radius 2 is 1.83 bits per heavy atom. The maximum atomic E-state index is 13.1. The van der Waals surface area contributed by atoms with Crippen LogP contribution in [0.2, 0.25) is 0 Å². The van der Waals surface area contributed by atoms with Gasteiger partial charge in [0.15, 0.2) is 11.4 Å². The second kappa shape index (κ2) is 9.46. The lowest BCUT2D eigenvalue weighted by Crippen LogP contribution is -2.40. The minimum Gasteiger partial charge on any atom is -0.357 e. The van der Waals surface area contributed by atoms with Crippen molar-refractivity contribution in [3.8, 4) is 0 Å². The number of likely N-dealkylation sites (tertiary alicyclic amines) is 1. The maximum Gasteiger partial charge on any atom is 0.184 e. The van der Waals surface area contributed by atoms with E-state index >= 15 is 0 Å². The van der Waals surface area contributed by atoms with Gasteiger partial charge in [0.05, 0.1) is 5.39 Å². The number of hydrogen-bond donors (Lipinski definition) is 0. The summed E-state index contributed by atoms with van der Waals surface area (Å²) in [5.41, 5.74) is 1.43. The van der Waals surface area contributed by atoms with Crippen molar-refractivity contribution in [2.45, 2.75) is 71.3 Å². The van der Waals surface area contributed by atoms with Gasteiger partial charge in [-0.15, -0.1) is 0 Å². The molecule has 2 aliphatic rings. The summed E-state index contributed by atoms with van der Waals surface area (Å²) in [6.45, 7) is 8.83. The molecular formula is C24H37N5O. The van der Waals surface area contributed by atoms with Gasteiger partial charge in [-0.1, -0.05) is 26.2 Å². The Bertz CT molecular complexity index is 868. The van der Waals surface area contributed by atoms with Crippen LogP contribution in [0.5, 0.6) is 0 Å². The fraction of sp³-hybridized carbons (Fsp3) is 0.708. The van der Waals surface area contributed by atoms with Crippen LogP contribution in [-0.2, 0) is 7.05 Å². The second-order valence-corrected chi connectivity index (χ2v) is 9.26. The number of anilines is 1. The van der Waals surface area contributed by atoms with Crippen molar-refractivity contribution in [1.29, 1.82) is 0 Å². The number of ketones is 1. The van der Waals surface area contributed by atoms with E-state index in [9.17, 15) is 4.79 Å². The van der Waals surface area contributed by atoms with Gasteiger partial charge in [-0.25, -0.2) is 9.67 Å². The monoisotopic (exact) mass is 411 g/mol. The van der Waals surface area contributed by atoms with Crippen molar-refractivity contribution in [3.05, 3.63) is 17.8 Å². The van der Waals surface area contributed by atoms with Crippen molar-refractivity contribution >= 4 is 22.6 Å². The van der Waals surface area contributed by atoms with Crippen LogP contribution in [0.4, 0.5) is 5.82 Å². The molecule has 0 amide bonds. The summed E-state index contributed by atoms with van der Waals surface area (Å²) in [5, 5.41) is 5.50. The van der Waals surface area contributed by atoms with Crippen LogP contribution < -0.4 is 4.90 Å². The molecule has 0 aliphatic carbocycles. The van der Waals surface area contributed by atoms with Crippen LogP contribution in [0, 0.1) is 5.92 Å². The molecule has 2 atom stereocenters. The highest BCUT2D eigenvalue weighted by Crippen LogP contribution is 2.29. The van der Waals surface area contributed by atoms with Crippen molar-refractivity contribution in [3.63, 3.8) is 0 Å². The number of carbonyl (C=O) groups is 1. The molecule has 6 nitrogen and oxygen atoms in total. The molecule has 2 aliphatic heterocycles. The first-order valence-corrected chi connectivity index (χ1v) is 11.9. The zero-order valence-corrected chi connectivity index (χ0v) is 18.9. The molecule has 0 radical (unpaired) electrons. The van der Waals surface area contributed by atoms with Crippen LogP contribution in [0.1, 0.15) is 75.7 Å². The first-order chi connectivity index (χ1) is 14.6. The Labute approximate surface area is 180 Å². The van der Waals surface area contributed by atoms with Gasteiger partial charge in [0, 0.05) is 32.6 Å². The number of nitrogens with zero attached hydrogens (tertiary/aromatic N) is 5. The van der Waals surface area contributed by atoms with Crippen LogP contribution >= 0.6 is 0 Å². The van der Waals surface area contributed by atoms with E-state index in [0.717, 1.165) is 55.9 Å². The molecule has 0 saturated carbocycles. The molecule has 0 aromatic carbocycles. The van der Waals surface area contributed by atoms with Crippen molar-refractivity contribution in [1.82, 2.24) is 19.7 Å². The summed E-state index contributed by atoms with van der Waals surface area (Å²) in [5.74, 6) is 1.65. The predicted molar refractivity (Wildman–Crippen MR) is 122 cm³/mol. The lowest BCUT2D eigenvalue weighted by atomic mass is 9.87. The molecule has 2 aromatic heterocycles. The summed E-state index contributed by atoms with van der Waals surface area (Å²) >= 11 is 0. The SMILES string of the molecule is CCN1CCC(CC(=O)c2nn(C)c3nc(N4CCCCCCC4)ccc23)CC1C. The molecule has 164 valence electrons. The molecule has 2 saturated heterocycles. The van der Waals surface area contributed by atoms with Crippen LogP contribution in [-0.4, -0.2) is 57.7 Å². The summed E-state index contributed by atoms with van der Waals surface area (Å²) in [6.07, 6.45) is 9.21. The van der Waals surface area contributed by atoms with E-state index in [0.29, 0.717) is 24.1 Å². The third kappa shape index (κ3) is 4.53. The average molecular weight is 412 g/mol. The lowest BCUT2D eigenvalue weighted by Gasteiger charge is -2.36. The van der Waals surface area contributed by atoms with Gasteiger partial charge in [0.2, 0.25) is 0 Å². The topological polar surface area (TPSA) is 54.3 Å². The Hall–Kier alpha value is -1.95. The molecule has 0 spiro atoms. The van der Waals surface area contributed by atoms with Gasteiger partial charge in [0.25, 0.3) is 0 Å². The highest BCUT2D eigenvalue weighted by atomic mass is 16.1. The van der Waals surface area contributed by atoms with Crippen molar-refractivity contribution < 1.29 is 4.79 Å². The molecule has 2 unspecified atom stereocenters. The van der Waals surface area contributed by atoms with E-state index < -0.39 is 0 Å². The number of aromatic nitrogens is 3. The van der Waals surface area contributed by atoms with Gasteiger partial charge >= 0.3 is 0 Å². The molecule has 2 fully saturated rings. The molecular weight excluding hydrogens is 374 g/mol. The Morgan fingerprint density at radius 3 is 2.53 bits per heavy atom. The number of rotatable bonds is 5. The molecule has 2 aromatic rings. The number of hydrogen-bond acceptors (Lipinski definition) is 5. The average Bonchev–Trinajstić information content (AvgIpc) is 3.04.